The Morgan fingerprint density at radius 1 is 1.35 bits per heavy atom. The summed E-state index contributed by atoms with van der Waals surface area (Å²) in [6, 6.07) is -0.00892. The molecule has 3 heteroatoms. The van der Waals surface area contributed by atoms with Gasteiger partial charge in [0, 0.05) is 6.54 Å². The number of hydrogen-bond donors (Lipinski definition) is 1. The van der Waals surface area contributed by atoms with Gasteiger partial charge in [-0.05, 0) is 37.0 Å². The number of carbonyl (C=O) groups is 1. The number of hydrogen-bond acceptors (Lipinski definition) is 2. The standard InChI is InChI=1S/C14H26N2O/c1-9(2)12-15-11(5)13(17)16(12)8-14(6-7-14)10(3)4/h9-12,15H,6-8H2,1-5H3. The highest BCUT2D eigenvalue weighted by molar-refractivity contribution is 5.84. The van der Waals surface area contributed by atoms with E-state index in [9.17, 15) is 4.79 Å². The van der Waals surface area contributed by atoms with E-state index in [0.717, 1.165) is 6.54 Å². The highest BCUT2D eigenvalue weighted by Crippen LogP contribution is 2.52. The number of amides is 1. The summed E-state index contributed by atoms with van der Waals surface area (Å²) in [4.78, 5) is 14.3. The van der Waals surface area contributed by atoms with Crippen LogP contribution in [0.2, 0.25) is 0 Å². The number of nitrogens with one attached hydrogen (secondary N) is 1. The second kappa shape index (κ2) is 4.27. The van der Waals surface area contributed by atoms with Crippen LogP contribution in [0.4, 0.5) is 0 Å². The minimum atomic E-state index is -0.00892. The van der Waals surface area contributed by atoms with Crippen molar-refractivity contribution in [2.75, 3.05) is 6.54 Å². The van der Waals surface area contributed by atoms with Gasteiger partial charge >= 0.3 is 0 Å². The van der Waals surface area contributed by atoms with E-state index < -0.39 is 0 Å². The maximum absolute atomic E-state index is 12.2. The molecule has 1 saturated heterocycles. The Labute approximate surface area is 105 Å². The second-order valence-electron chi connectivity index (χ2n) is 6.56. The molecule has 17 heavy (non-hydrogen) atoms. The van der Waals surface area contributed by atoms with E-state index in [4.69, 9.17) is 0 Å². The maximum Gasteiger partial charge on any atom is 0.240 e. The van der Waals surface area contributed by atoms with Crippen LogP contribution >= 0.6 is 0 Å². The molecular formula is C14H26N2O. The van der Waals surface area contributed by atoms with Crippen LogP contribution in [0, 0.1) is 17.3 Å². The van der Waals surface area contributed by atoms with Crippen LogP contribution in [-0.4, -0.2) is 29.6 Å². The number of nitrogens with zero attached hydrogens (tertiary/aromatic N) is 1. The lowest BCUT2D eigenvalue weighted by atomic mass is 9.91. The van der Waals surface area contributed by atoms with E-state index in [1.807, 2.05) is 6.92 Å². The molecule has 2 aliphatic rings. The topological polar surface area (TPSA) is 32.3 Å². The summed E-state index contributed by atoms with van der Waals surface area (Å²) in [7, 11) is 0. The molecule has 0 bridgehead atoms. The second-order valence-corrected chi connectivity index (χ2v) is 6.56. The Bertz CT molecular complexity index is 307. The van der Waals surface area contributed by atoms with Crippen molar-refractivity contribution in [3.63, 3.8) is 0 Å². The molecule has 0 spiro atoms. The average Bonchev–Trinajstić information content (AvgIpc) is 2.97. The maximum atomic E-state index is 12.2. The van der Waals surface area contributed by atoms with Gasteiger partial charge < -0.3 is 4.90 Å². The summed E-state index contributed by atoms with van der Waals surface area (Å²) in [6.07, 6.45) is 2.80. The van der Waals surface area contributed by atoms with Crippen LogP contribution < -0.4 is 5.32 Å². The van der Waals surface area contributed by atoms with Crippen molar-refractivity contribution >= 4 is 5.91 Å². The third-order valence-electron chi connectivity index (χ3n) is 4.64. The van der Waals surface area contributed by atoms with Gasteiger partial charge in [-0.25, -0.2) is 0 Å². The third-order valence-corrected chi connectivity index (χ3v) is 4.64. The first-order valence-corrected chi connectivity index (χ1v) is 6.94. The lowest BCUT2D eigenvalue weighted by molar-refractivity contribution is -0.131. The van der Waals surface area contributed by atoms with Gasteiger partial charge in [-0.2, -0.15) is 0 Å². The fourth-order valence-electron chi connectivity index (χ4n) is 2.95. The molecule has 1 saturated carbocycles. The van der Waals surface area contributed by atoms with Crippen LogP contribution in [0.25, 0.3) is 0 Å². The van der Waals surface area contributed by atoms with E-state index in [1.54, 1.807) is 0 Å². The molecule has 0 aromatic heterocycles. The van der Waals surface area contributed by atoms with Crippen molar-refractivity contribution in [2.24, 2.45) is 17.3 Å². The van der Waals surface area contributed by atoms with Crippen molar-refractivity contribution in [3.05, 3.63) is 0 Å². The predicted octanol–water partition coefficient (Wildman–Crippen LogP) is 2.23. The molecule has 3 nitrogen and oxygen atoms in total. The Balaban J connectivity index is 2.10. The number of carbonyl (C=O) groups excluding carboxylic acids is 1. The van der Waals surface area contributed by atoms with Gasteiger partial charge in [0.25, 0.3) is 0 Å². The van der Waals surface area contributed by atoms with Crippen LogP contribution in [0.5, 0.6) is 0 Å². The zero-order valence-corrected chi connectivity index (χ0v) is 11.8. The van der Waals surface area contributed by atoms with Crippen molar-refractivity contribution < 1.29 is 4.79 Å². The Morgan fingerprint density at radius 2 is 1.94 bits per heavy atom. The van der Waals surface area contributed by atoms with Crippen molar-refractivity contribution in [2.45, 2.75) is 59.7 Å². The fourth-order valence-corrected chi connectivity index (χ4v) is 2.95. The smallest absolute Gasteiger partial charge is 0.240 e. The quantitative estimate of drug-likeness (QED) is 0.814. The van der Waals surface area contributed by atoms with Gasteiger partial charge in [0.1, 0.15) is 0 Å². The Morgan fingerprint density at radius 3 is 2.35 bits per heavy atom. The molecule has 2 fully saturated rings. The zero-order chi connectivity index (χ0) is 12.8. The molecule has 1 amide bonds. The van der Waals surface area contributed by atoms with Gasteiger partial charge in [0.05, 0.1) is 12.2 Å². The SMILES string of the molecule is CC1NC(C(C)C)N(CC2(C(C)C)CC2)C1=O. The van der Waals surface area contributed by atoms with Crippen LogP contribution in [0.3, 0.4) is 0 Å². The minimum absolute atomic E-state index is 0.00892. The fraction of sp³-hybridized carbons (Fsp3) is 0.929. The molecular weight excluding hydrogens is 212 g/mol. The summed E-state index contributed by atoms with van der Waals surface area (Å²) in [6.45, 7) is 11.9. The Kier molecular flexibility index (Phi) is 3.23. The van der Waals surface area contributed by atoms with Gasteiger partial charge in [-0.15, -0.1) is 0 Å². The molecule has 0 radical (unpaired) electrons. The van der Waals surface area contributed by atoms with Crippen LogP contribution in [-0.2, 0) is 4.79 Å². The van der Waals surface area contributed by atoms with E-state index in [-0.39, 0.29) is 18.1 Å². The van der Waals surface area contributed by atoms with E-state index >= 15 is 0 Å². The van der Waals surface area contributed by atoms with Crippen LogP contribution in [0.1, 0.15) is 47.5 Å². The first-order chi connectivity index (χ1) is 7.87. The molecule has 2 atom stereocenters. The van der Waals surface area contributed by atoms with Gasteiger partial charge in [-0.1, -0.05) is 27.7 Å². The normalized spacial score (nSPS) is 31.7. The first kappa shape index (κ1) is 12.9. The van der Waals surface area contributed by atoms with Crippen molar-refractivity contribution in [3.8, 4) is 0 Å². The lowest BCUT2D eigenvalue weighted by Gasteiger charge is -2.32. The van der Waals surface area contributed by atoms with E-state index in [2.05, 4.69) is 37.9 Å². The molecule has 2 rings (SSSR count). The molecule has 2 unspecified atom stereocenters. The predicted molar refractivity (Wildman–Crippen MR) is 69.4 cm³/mol. The lowest BCUT2D eigenvalue weighted by Crippen LogP contribution is -2.45. The number of rotatable bonds is 4. The molecule has 1 N–H and O–H groups in total. The van der Waals surface area contributed by atoms with E-state index in [1.165, 1.54) is 12.8 Å². The molecule has 1 heterocycles. The molecule has 0 aromatic rings. The molecule has 0 aromatic carbocycles. The highest BCUT2D eigenvalue weighted by Gasteiger charge is 2.50. The summed E-state index contributed by atoms with van der Waals surface area (Å²) in [5.74, 6) is 1.45. The summed E-state index contributed by atoms with van der Waals surface area (Å²) in [5, 5.41) is 3.42. The Hall–Kier alpha value is -0.570. The zero-order valence-electron chi connectivity index (χ0n) is 11.8. The molecule has 1 aliphatic heterocycles. The summed E-state index contributed by atoms with van der Waals surface area (Å²) >= 11 is 0. The van der Waals surface area contributed by atoms with Crippen molar-refractivity contribution in [1.82, 2.24) is 10.2 Å². The summed E-state index contributed by atoms with van der Waals surface area (Å²) in [5.41, 5.74) is 0.411. The molecule has 1 aliphatic carbocycles. The average molecular weight is 238 g/mol. The van der Waals surface area contributed by atoms with Gasteiger partial charge in [0.2, 0.25) is 5.91 Å². The monoisotopic (exact) mass is 238 g/mol. The first-order valence-electron chi connectivity index (χ1n) is 6.94. The summed E-state index contributed by atoms with van der Waals surface area (Å²) < 4.78 is 0. The highest BCUT2D eigenvalue weighted by atomic mass is 16.2. The minimum Gasteiger partial charge on any atom is -0.325 e. The van der Waals surface area contributed by atoms with Gasteiger partial charge in [0.15, 0.2) is 0 Å². The largest absolute Gasteiger partial charge is 0.325 e. The molecule has 98 valence electrons. The van der Waals surface area contributed by atoms with Crippen molar-refractivity contribution in [1.29, 1.82) is 0 Å². The van der Waals surface area contributed by atoms with Crippen LogP contribution in [0.15, 0.2) is 0 Å². The van der Waals surface area contributed by atoms with E-state index in [0.29, 0.717) is 17.3 Å². The van der Waals surface area contributed by atoms with Gasteiger partial charge in [-0.3, -0.25) is 10.1 Å². The third kappa shape index (κ3) is 2.22.